The van der Waals surface area contributed by atoms with E-state index < -0.39 is 32.3 Å². The van der Waals surface area contributed by atoms with Gasteiger partial charge >= 0.3 is 0 Å². The predicted octanol–water partition coefficient (Wildman–Crippen LogP) is 3.64. The molecule has 0 aliphatic heterocycles. The van der Waals surface area contributed by atoms with Gasteiger partial charge in [0.15, 0.2) is 0 Å². The van der Waals surface area contributed by atoms with Crippen LogP contribution in [0.5, 0.6) is 0 Å². The van der Waals surface area contributed by atoms with E-state index in [4.69, 9.17) is 69.6 Å². The minimum Gasteiger partial charge on any atom is -0.120 e. The maximum atomic E-state index is 5.88. The van der Waals surface area contributed by atoms with Crippen LogP contribution in [0.2, 0.25) is 0 Å². The van der Waals surface area contributed by atoms with Crippen LogP contribution in [-0.2, 0) is 16.5 Å². The Morgan fingerprint density at radius 1 is 0.385 bits per heavy atom. The summed E-state index contributed by atoms with van der Waals surface area (Å²) in [6.45, 7) is 0. The van der Waals surface area contributed by atoms with E-state index in [-0.39, 0.29) is 16.5 Å². The van der Waals surface area contributed by atoms with Gasteiger partial charge in [-0.2, -0.15) is 0 Å². The number of hydrogen-bond donors (Lipinski definition) is 0. The summed E-state index contributed by atoms with van der Waals surface area (Å²) in [6.07, 6.45) is 0. The fourth-order valence-electron chi connectivity index (χ4n) is 1.05. The van der Waals surface area contributed by atoms with Crippen molar-refractivity contribution in [2.45, 2.75) is 32.3 Å². The maximum absolute atomic E-state index is 5.88. The van der Waals surface area contributed by atoms with E-state index in [2.05, 4.69) is 0 Å². The van der Waals surface area contributed by atoms with Gasteiger partial charge in [0.1, 0.15) is 0 Å². The molecule has 82 valence electrons. The molecular weight excluding hydrogens is 343 g/mol. The molecule has 0 saturated heterocycles. The van der Waals surface area contributed by atoms with Crippen molar-refractivity contribution in [3.63, 3.8) is 0 Å². The van der Waals surface area contributed by atoms with Crippen LogP contribution < -0.4 is 0 Å². The molecule has 0 N–H and O–H groups in total. The molecule has 1 fully saturated rings. The monoisotopic (exact) mass is 346 g/mol. The third-order valence-electron chi connectivity index (χ3n) is 1.83. The molecule has 0 atom stereocenters. The van der Waals surface area contributed by atoms with Crippen LogP contribution in [0.3, 0.4) is 0 Å². The van der Waals surface area contributed by atoms with Crippen molar-refractivity contribution in [1.82, 2.24) is 0 Å². The molecule has 7 heteroatoms. The first-order valence-corrected chi connectivity index (χ1v) is 5.93. The summed E-state index contributed by atoms with van der Waals surface area (Å²) in [5.41, 5.74) is 0. The van der Waals surface area contributed by atoms with Gasteiger partial charge in [0.05, 0.1) is 32.3 Å². The van der Waals surface area contributed by atoms with Gasteiger partial charge in [-0.3, -0.25) is 0 Å². The van der Waals surface area contributed by atoms with Crippen LogP contribution in [0.4, 0.5) is 0 Å². The van der Waals surface area contributed by atoms with Crippen molar-refractivity contribution >= 4 is 69.6 Å². The van der Waals surface area contributed by atoms with Crippen molar-refractivity contribution in [3.05, 3.63) is 0 Å². The Bertz CT molecular complexity index is 109. The molecule has 13 heavy (non-hydrogen) atoms. The minimum absolute atomic E-state index is 0. The molecule has 0 heterocycles. The first-order chi connectivity index (χ1) is 5.46. The molecular formula is C6H6Cl6Ni. The van der Waals surface area contributed by atoms with Crippen LogP contribution in [0.25, 0.3) is 0 Å². The van der Waals surface area contributed by atoms with E-state index in [1.165, 1.54) is 0 Å². The van der Waals surface area contributed by atoms with Gasteiger partial charge in [-0.15, -0.1) is 69.6 Å². The van der Waals surface area contributed by atoms with E-state index in [1.54, 1.807) is 0 Å². The molecule has 0 nitrogen and oxygen atoms in total. The van der Waals surface area contributed by atoms with Crippen LogP contribution in [0.1, 0.15) is 0 Å². The van der Waals surface area contributed by atoms with Gasteiger partial charge < -0.3 is 0 Å². The Morgan fingerprint density at radius 2 is 0.462 bits per heavy atom. The van der Waals surface area contributed by atoms with E-state index >= 15 is 0 Å². The van der Waals surface area contributed by atoms with E-state index in [0.717, 1.165) is 0 Å². The van der Waals surface area contributed by atoms with Crippen LogP contribution >= 0.6 is 69.6 Å². The molecule has 0 amide bonds. The number of rotatable bonds is 0. The Labute approximate surface area is 117 Å². The summed E-state index contributed by atoms with van der Waals surface area (Å²) in [7, 11) is 0. The van der Waals surface area contributed by atoms with Crippen molar-refractivity contribution in [3.8, 4) is 0 Å². The van der Waals surface area contributed by atoms with Crippen molar-refractivity contribution in [1.29, 1.82) is 0 Å². The van der Waals surface area contributed by atoms with Gasteiger partial charge in [0.25, 0.3) is 0 Å². The quantitative estimate of drug-likeness (QED) is 0.463. The molecule has 1 rings (SSSR count). The molecule has 0 unspecified atom stereocenters. The first-order valence-electron chi connectivity index (χ1n) is 3.31. The summed E-state index contributed by atoms with van der Waals surface area (Å²) < 4.78 is 0. The Morgan fingerprint density at radius 3 is 0.538 bits per heavy atom. The van der Waals surface area contributed by atoms with Crippen molar-refractivity contribution in [2.24, 2.45) is 0 Å². The Hall–Kier alpha value is 2.23. The second kappa shape index (κ2) is 6.09. The average molecular weight is 350 g/mol. The molecule has 0 radical (unpaired) electrons. The Balaban J connectivity index is 0.00000144. The zero-order chi connectivity index (χ0) is 9.46. The summed E-state index contributed by atoms with van der Waals surface area (Å²) in [5.74, 6) is 0. The van der Waals surface area contributed by atoms with Gasteiger partial charge in [-0.25, -0.2) is 0 Å². The van der Waals surface area contributed by atoms with E-state index in [1.807, 2.05) is 0 Å². The SMILES string of the molecule is Cl[C@H]1[C@H](Cl)[C@@H](Cl)[C@@H](Cl)[C@H](Cl)[C@H]1Cl.[Ni]. The van der Waals surface area contributed by atoms with Gasteiger partial charge in [0, 0.05) is 16.5 Å². The number of alkyl halides is 6. The van der Waals surface area contributed by atoms with E-state index in [0.29, 0.717) is 0 Å². The molecule has 0 aromatic carbocycles. The van der Waals surface area contributed by atoms with Gasteiger partial charge in [0.2, 0.25) is 0 Å². The molecule has 1 saturated carbocycles. The molecule has 0 aromatic rings. The third kappa shape index (κ3) is 3.10. The smallest absolute Gasteiger partial charge is 0.0693 e. The van der Waals surface area contributed by atoms with Crippen molar-refractivity contribution < 1.29 is 16.5 Å². The van der Waals surface area contributed by atoms with Crippen molar-refractivity contribution in [2.75, 3.05) is 0 Å². The topological polar surface area (TPSA) is 0 Å². The molecule has 0 bridgehead atoms. The molecule has 0 aromatic heterocycles. The molecule has 0 spiro atoms. The largest absolute Gasteiger partial charge is 0.120 e. The normalized spacial score (nSPS) is 51.2. The Kier molecular flexibility index (Phi) is 7.13. The van der Waals surface area contributed by atoms with Gasteiger partial charge in [-0.1, -0.05) is 0 Å². The summed E-state index contributed by atoms with van der Waals surface area (Å²) in [5, 5.41) is -2.62. The van der Waals surface area contributed by atoms with E-state index in [9.17, 15) is 0 Å². The number of halogens is 6. The third-order valence-corrected chi connectivity index (χ3v) is 5.86. The summed E-state index contributed by atoms with van der Waals surface area (Å²) in [4.78, 5) is 0. The maximum Gasteiger partial charge on any atom is 0.0693 e. The standard InChI is InChI=1S/C6H6Cl6.Ni/c7-1-2(8)4(10)6(12)5(11)3(1)9;/h1-6H;/t1-,2-,3-,4+,5+,6+;. The van der Waals surface area contributed by atoms with Crippen LogP contribution in [0.15, 0.2) is 0 Å². The second-order valence-electron chi connectivity index (χ2n) is 2.67. The zero-order valence-corrected chi connectivity index (χ0v) is 11.6. The molecule has 1 aliphatic carbocycles. The predicted molar refractivity (Wildman–Crippen MR) is 57.8 cm³/mol. The first kappa shape index (κ1) is 15.2. The van der Waals surface area contributed by atoms with Crippen LogP contribution in [0, 0.1) is 0 Å². The average Bonchev–Trinajstić information content (AvgIpc) is 2.08. The summed E-state index contributed by atoms with van der Waals surface area (Å²) in [6, 6.07) is 0. The fourth-order valence-corrected chi connectivity index (χ4v) is 3.38. The van der Waals surface area contributed by atoms with Gasteiger partial charge in [-0.05, 0) is 0 Å². The zero-order valence-electron chi connectivity index (χ0n) is 6.05. The fraction of sp³-hybridized carbons (Fsp3) is 1.00. The summed E-state index contributed by atoms with van der Waals surface area (Å²) >= 11 is 35.3. The minimum atomic E-state index is -0.437. The molecule has 1 aliphatic rings. The van der Waals surface area contributed by atoms with Crippen LogP contribution in [-0.4, -0.2) is 32.3 Å². The second-order valence-corrected chi connectivity index (χ2v) is 5.69. The number of hydrogen-bond acceptors (Lipinski definition) is 0.